The van der Waals surface area contributed by atoms with E-state index in [1.807, 2.05) is 6.92 Å². The number of carbonyl (C=O) groups excluding carboxylic acids is 2. The fraction of sp³-hybridized carbons (Fsp3) is 0.450. The number of nitro benzene ring substituents is 1. The summed E-state index contributed by atoms with van der Waals surface area (Å²) >= 11 is 0. The Morgan fingerprint density at radius 1 is 1.39 bits per heavy atom. The molecular weight excluding hydrogens is 364 g/mol. The first-order valence-corrected chi connectivity index (χ1v) is 8.99. The van der Waals surface area contributed by atoms with Crippen molar-refractivity contribution in [1.29, 1.82) is 0 Å². The van der Waals surface area contributed by atoms with E-state index < -0.39 is 22.2 Å². The average molecular weight is 388 g/mol. The van der Waals surface area contributed by atoms with Gasteiger partial charge in [-0.1, -0.05) is 26.8 Å². The van der Waals surface area contributed by atoms with Gasteiger partial charge in [-0.3, -0.25) is 24.7 Å². The number of esters is 1. The number of aliphatic imine (C=N–C) groups is 1. The molecule has 28 heavy (non-hydrogen) atoms. The van der Waals surface area contributed by atoms with Crippen molar-refractivity contribution in [2.45, 2.75) is 40.0 Å². The van der Waals surface area contributed by atoms with E-state index in [1.54, 1.807) is 19.9 Å². The number of carbonyl (C=O) groups is 2. The maximum absolute atomic E-state index is 12.7. The molecule has 1 N–H and O–H groups in total. The SMILES string of the molecule is CCCC(=O)C1=C(O)C(C(=O)OC)C(C)(C)CC1=Nc1cccc([N+](=O)[O-])c1. The highest BCUT2D eigenvalue weighted by Gasteiger charge is 2.47. The van der Waals surface area contributed by atoms with E-state index in [1.165, 1.54) is 25.3 Å². The number of aliphatic hydroxyl groups is 1. The van der Waals surface area contributed by atoms with E-state index >= 15 is 0 Å². The zero-order chi connectivity index (χ0) is 21.1. The molecule has 2 rings (SSSR count). The zero-order valence-electron chi connectivity index (χ0n) is 16.4. The normalized spacial score (nSPS) is 20.1. The number of methoxy groups -OCH3 is 1. The van der Waals surface area contributed by atoms with Gasteiger partial charge >= 0.3 is 5.97 Å². The zero-order valence-corrected chi connectivity index (χ0v) is 16.4. The third-order valence-corrected chi connectivity index (χ3v) is 4.72. The van der Waals surface area contributed by atoms with E-state index in [2.05, 4.69) is 4.99 Å². The lowest BCUT2D eigenvalue weighted by molar-refractivity contribution is -0.384. The highest BCUT2D eigenvalue weighted by atomic mass is 16.6. The molecule has 1 aliphatic rings. The Morgan fingerprint density at radius 2 is 2.07 bits per heavy atom. The molecule has 0 radical (unpaired) electrons. The van der Waals surface area contributed by atoms with E-state index in [9.17, 15) is 24.8 Å². The molecule has 1 aromatic carbocycles. The number of rotatable bonds is 6. The van der Waals surface area contributed by atoms with Crippen LogP contribution < -0.4 is 0 Å². The van der Waals surface area contributed by atoms with E-state index in [-0.39, 0.29) is 35.6 Å². The Balaban J connectivity index is 2.65. The van der Waals surface area contributed by atoms with Crippen molar-refractivity contribution in [3.8, 4) is 0 Å². The molecule has 0 heterocycles. The van der Waals surface area contributed by atoms with Crippen LogP contribution >= 0.6 is 0 Å². The van der Waals surface area contributed by atoms with Crippen molar-refractivity contribution >= 4 is 28.8 Å². The first-order valence-electron chi connectivity index (χ1n) is 8.99. The third kappa shape index (κ3) is 4.27. The molecule has 150 valence electrons. The highest BCUT2D eigenvalue weighted by Crippen LogP contribution is 2.43. The summed E-state index contributed by atoms with van der Waals surface area (Å²) in [6.45, 7) is 5.38. The number of allylic oxidation sites excluding steroid dienone is 1. The van der Waals surface area contributed by atoms with E-state index in [0.29, 0.717) is 17.8 Å². The molecule has 0 fully saturated rings. The van der Waals surface area contributed by atoms with Crippen LogP contribution in [0.2, 0.25) is 0 Å². The van der Waals surface area contributed by atoms with Crippen LogP contribution in [-0.2, 0) is 14.3 Å². The monoisotopic (exact) mass is 388 g/mol. The van der Waals surface area contributed by atoms with Crippen LogP contribution in [0.4, 0.5) is 11.4 Å². The predicted octanol–water partition coefficient (Wildman–Crippen LogP) is 4.07. The molecule has 1 aliphatic carbocycles. The molecule has 0 amide bonds. The Bertz CT molecular complexity index is 869. The van der Waals surface area contributed by atoms with E-state index in [4.69, 9.17) is 4.74 Å². The fourth-order valence-electron chi connectivity index (χ4n) is 3.42. The van der Waals surface area contributed by atoms with Gasteiger partial charge in [0.25, 0.3) is 5.69 Å². The Kier molecular flexibility index (Phi) is 6.33. The number of ether oxygens (including phenoxy) is 1. The number of hydrogen-bond donors (Lipinski definition) is 1. The molecule has 0 bridgehead atoms. The minimum Gasteiger partial charge on any atom is -0.511 e. The van der Waals surface area contributed by atoms with Gasteiger partial charge in [-0.25, -0.2) is 0 Å². The van der Waals surface area contributed by atoms with Crippen LogP contribution in [0.5, 0.6) is 0 Å². The molecule has 0 spiro atoms. The number of nitro groups is 1. The van der Waals surface area contributed by atoms with Crippen LogP contribution in [0.15, 0.2) is 40.6 Å². The maximum atomic E-state index is 12.7. The van der Waals surface area contributed by atoms with Gasteiger partial charge < -0.3 is 9.84 Å². The van der Waals surface area contributed by atoms with Crippen molar-refractivity contribution in [2.24, 2.45) is 16.3 Å². The highest BCUT2D eigenvalue weighted by molar-refractivity contribution is 6.24. The van der Waals surface area contributed by atoms with Gasteiger partial charge in [0, 0.05) is 18.6 Å². The molecule has 0 aliphatic heterocycles. The summed E-state index contributed by atoms with van der Waals surface area (Å²) in [6.07, 6.45) is 0.970. The van der Waals surface area contributed by atoms with Gasteiger partial charge in [-0.05, 0) is 24.3 Å². The molecule has 0 aromatic heterocycles. The minimum atomic E-state index is -0.989. The van der Waals surface area contributed by atoms with E-state index in [0.717, 1.165) is 0 Å². The standard InChI is InChI=1S/C20H24N2O6/c1-5-7-15(23)16-14(21-12-8-6-9-13(10-12)22(26)27)11-20(2,3)17(18(16)24)19(25)28-4/h6,8-10,17,24H,5,7,11H2,1-4H3. The molecule has 0 saturated carbocycles. The maximum Gasteiger partial charge on any atom is 0.316 e. The first kappa shape index (κ1) is 21.3. The number of Topliss-reactive ketones (excluding diaryl/α,β-unsaturated/α-hetero) is 1. The fourth-order valence-corrected chi connectivity index (χ4v) is 3.42. The first-order chi connectivity index (χ1) is 13.1. The van der Waals surface area contributed by atoms with Gasteiger partial charge in [0.2, 0.25) is 0 Å². The lowest BCUT2D eigenvalue weighted by Crippen LogP contribution is -2.41. The van der Waals surface area contributed by atoms with Crippen LogP contribution in [0.1, 0.15) is 40.0 Å². The van der Waals surface area contributed by atoms with Gasteiger partial charge in [0.15, 0.2) is 5.78 Å². The molecule has 8 nitrogen and oxygen atoms in total. The van der Waals surface area contributed by atoms with Gasteiger partial charge in [-0.2, -0.15) is 0 Å². The molecule has 1 unspecified atom stereocenters. The minimum absolute atomic E-state index is 0.00285. The second-order valence-corrected chi connectivity index (χ2v) is 7.39. The summed E-state index contributed by atoms with van der Waals surface area (Å²) in [5.41, 5.74) is -0.276. The van der Waals surface area contributed by atoms with Crippen molar-refractivity contribution in [3.05, 3.63) is 45.7 Å². The van der Waals surface area contributed by atoms with Crippen LogP contribution in [0.3, 0.4) is 0 Å². The Morgan fingerprint density at radius 3 is 2.64 bits per heavy atom. The Labute approximate surface area is 163 Å². The van der Waals surface area contributed by atoms with Crippen molar-refractivity contribution in [3.63, 3.8) is 0 Å². The van der Waals surface area contributed by atoms with Gasteiger partial charge in [-0.15, -0.1) is 0 Å². The molecule has 1 atom stereocenters. The summed E-state index contributed by atoms with van der Waals surface area (Å²) < 4.78 is 4.82. The number of benzene rings is 1. The largest absolute Gasteiger partial charge is 0.511 e. The van der Waals surface area contributed by atoms with Crippen LogP contribution in [0.25, 0.3) is 0 Å². The Hall–Kier alpha value is -3.03. The quantitative estimate of drug-likeness (QED) is 0.446. The van der Waals surface area contributed by atoms with Crippen LogP contribution in [-0.4, -0.2) is 34.6 Å². The second kappa shape index (κ2) is 8.33. The topological polar surface area (TPSA) is 119 Å². The summed E-state index contributed by atoms with van der Waals surface area (Å²) in [5, 5.41) is 21.8. The summed E-state index contributed by atoms with van der Waals surface area (Å²) in [4.78, 5) is 39.9. The number of ketones is 1. The lowest BCUT2D eigenvalue weighted by atomic mass is 9.67. The molecule has 1 aromatic rings. The van der Waals surface area contributed by atoms with Gasteiger partial charge in [0.05, 0.1) is 29.0 Å². The lowest BCUT2D eigenvalue weighted by Gasteiger charge is -2.37. The second-order valence-electron chi connectivity index (χ2n) is 7.39. The molecular formula is C20H24N2O6. The smallest absolute Gasteiger partial charge is 0.316 e. The number of nitrogens with zero attached hydrogens (tertiary/aromatic N) is 2. The van der Waals surface area contributed by atoms with Crippen molar-refractivity contribution in [2.75, 3.05) is 7.11 Å². The number of hydrogen-bond acceptors (Lipinski definition) is 7. The summed E-state index contributed by atoms with van der Waals surface area (Å²) in [7, 11) is 1.23. The van der Waals surface area contributed by atoms with Crippen molar-refractivity contribution < 1.29 is 24.4 Å². The third-order valence-electron chi connectivity index (χ3n) is 4.72. The van der Waals surface area contributed by atoms with Gasteiger partial charge in [0.1, 0.15) is 11.7 Å². The summed E-state index contributed by atoms with van der Waals surface area (Å²) in [6, 6.07) is 5.72. The molecule has 0 saturated heterocycles. The summed E-state index contributed by atoms with van der Waals surface area (Å²) in [5.74, 6) is -2.30. The average Bonchev–Trinajstić information content (AvgIpc) is 2.60. The number of aliphatic hydroxyl groups excluding tert-OH is 1. The predicted molar refractivity (Wildman–Crippen MR) is 104 cm³/mol. The number of non-ortho nitro benzene ring substituents is 1. The molecule has 8 heteroatoms. The van der Waals surface area contributed by atoms with Crippen molar-refractivity contribution in [1.82, 2.24) is 0 Å². The van der Waals surface area contributed by atoms with Crippen LogP contribution in [0, 0.1) is 21.4 Å².